The summed E-state index contributed by atoms with van der Waals surface area (Å²) < 4.78 is 0. The van der Waals surface area contributed by atoms with Crippen molar-refractivity contribution in [2.45, 2.75) is 0 Å². The normalized spacial score (nSPS) is 11.8. The van der Waals surface area contributed by atoms with Crippen molar-refractivity contribution in [2.75, 3.05) is 6.16 Å². The van der Waals surface area contributed by atoms with Gasteiger partial charge in [0, 0.05) is 12.3 Å². The molecule has 0 saturated heterocycles. The average Bonchev–Trinajstić information content (AvgIpc) is 2.87. The molecule has 0 fully saturated rings. The second-order valence-electron chi connectivity index (χ2n) is 7.58. The minimum absolute atomic E-state index is 0.778. The summed E-state index contributed by atoms with van der Waals surface area (Å²) in [5.41, 5.74) is 1.61. The van der Waals surface area contributed by atoms with Crippen LogP contribution >= 0.6 is 7.26 Å². The van der Waals surface area contributed by atoms with Crippen LogP contribution in [0.2, 0.25) is 0 Å². The van der Waals surface area contributed by atoms with Crippen LogP contribution in [0, 0.1) is 0 Å². The van der Waals surface area contributed by atoms with Crippen LogP contribution in [-0.2, 0) is 4.79 Å². The largest absolute Gasteiger partial charge is 0.478 e. The van der Waals surface area contributed by atoms with E-state index in [9.17, 15) is 4.79 Å². The van der Waals surface area contributed by atoms with Crippen LogP contribution in [0.5, 0.6) is 0 Å². The Morgan fingerprint density at radius 3 is 1.73 bits per heavy atom. The molecule has 0 amide bonds. The van der Waals surface area contributed by atoms with E-state index < -0.39 is 13.2 Å². The highest BCUT2D eigenvalue weighted by Crippen LogP contribution is 2.54. The first-order chi connectivity index (χ1) is 16.2. The van der Waals surface area contributed by atoms with E-state index in [2.05, 4.69) is 91.0 Å². The number of benzene rings is 4. The number of nitrogens with zero attached hydrogens (tertiary/aromatic N) is 1. The summed E-state index contributed by atoms with van der Waals surface area (Å²) in [4.78, 5) is 15.6. The summed E-state index contributed by atoms with van der Waals surface area (Å²) in [5.74, 6) is -0.966. The fourth-order valence-corrected chi connectivity index (χ4v) is 7.85. The van der Waals surface area contributed by atoms with Crippen molar-refractivity contribution in [1.29, 1.82) is 0 Å². The molecule has 0 aliphatic heterocycles. The molecular formula is C29H25NO2P+. The maximum absolute atomic E-state index is 10.8. The van der Waals surface area contributed by atoms with Crippen LogP contribution in [0.25, 0.3) is 6.08 Å². The fraction of sp³-hybridized carbons (Fsp3) is 0.0345. The van der Waals surface area contributed by atoms with Gasteiger partial charge in [-0.25, -0.2) is 4.79 Å². The molecule has 0 bridgehead atoms. The predicted molar refractivity (Wildman–Crippen MR) is 141 cm³/mol. The summed E-state index contributed by atoms with van der Waals surface area (Å²) in [7, 11) is -1.97. The molecule has 0 aromatic heterocycles. The van der Waals surface area contributed by atoms with Gasteiger partial charge in [-0.05, 0) is 60.2 Å². The Morgan fingerprint density at radius 2 is 1.24 bits per heavy atom. The van der Waals surface area contributed by atoms with Crippen molar-refractivity contribution >= 4 is 47.1 Å². The zero-order valence-corrected chi connectivity index (χ0v) is 19.1. The van der Waals surface area contributed by atoms with Gasteiger partial charge in [0.25, 0.3) is 0 Å². The third-order valence-electron chi connectivity index (χ3n) is 5.48. The van der Waals surface area contributed by atoms with Gasteiger partial charge in [-0.1, -0.05) is 66.7 Å². The van der Waals surface area contributed by atoms with Gasteiger partial charge in [-0.2, -0.15) is 0 Å². The minimum atomic E-state index is -1.97. The van der Waals surface area contributed by atoms with Crippen LogP contribution in [-0.4, -0.2) is 23.5 Å². The Kier molecular flexibility index (Phi) is 7.24. The van der Waals surface area contributed by atoms with Gasteiger partial charge in [-0.3, -0.25) is 4.99 Å². The third kappa shape index (κ3) is 5.34. The van der Waals surface area contributed by atoms with E-state index in [4.69, 9.17) is 10.1 Å². The molecule has 4 rings (SSSR count). The zero-order chi connectivity index (χ0) is 22.9. The molecule has 4 heteroatoms. The van der Waals surface area contributed by atoms with Gasteiger partial charge >= 0.3 is 5.97 Å². The van der Waals surface area contributed by atoms with Crippen LogP contribution < -0.4 is 15.9 Å². The second kappa shape index (κ2) is 10.7. The molecule has 0 unspecified atom stereocenters. The van der Waals surface area contributed by atoms with E-state index in [-0.39, 0.29) is 0 Å². The van der Waals surface area contributed by atoms with Crippen molar-refractivity contribution in [3.05, 3.63) is 127 Å². The van der Waals surface area contributed by atoms with Gasteiger partial charge in [0.1, 0.15) is 29.3 Å². The molecule has 0 saturated carbocycles. The molecule has 33 heavy (non-hydrogen) atoms. The molecule has 4 aromatic carbocycles. The molecule has 1 N–H and O–H groups in total. The number of aliphatic imine (C=N–C) groups is 1. The molecule has 0 radical (unpaired) electrons. The van der Waals surface area contributed by atoms with Gasteiger partial charge in [0.15, 0.2) is 0 Å². The highest BCUT2D eigenvalue weighted by Gasteiger charge is 2.44. The quantitative estimate of drug-likeness (QED) is 0.220. The Hall–Kier alpha value is -3.81. The molecule has 4 aromatic rings. The monoisotopic (exact) mass is 450 g/mol. The predicted octanol–water partition coefficient (Wildman–Crippen LogP) is 5.48. The van der Waals surface area contributed by atoms with Crippen molar-refractivity contribution in [1.82, 2.24) is 0 Å². The third-order valence-corrected chi connectivity index (χ3v) is 9.73. The smallest absolute Gasteiger partial charge is 0.328 e. The molecule has 0 aliphatic rings. The maximum Gasteiger partial charge on any atom is 0.328 e. The minimum Gasteiger partial charge on any atom is -0.478 e. The zero-order valence-electron chi connectivity index (χ0n) is 18.2. The van der Waals surface area contributed by atoms with E-state index in [1.54, 1.807) is 6.08 Å². The van der Waals surface area contributed by atoms with E-state index in [1.807, 2.05) is 30.5 Å². The van der Waals surface area contributed by atoms with Gasteiger partial charge in [-0.15, -0.1) is 0 Å². The number of carbonyl (C=O) groups is 1. The van der Waals surface area contributed by atoms with Crippen LogP contribution in [0.3, 0.4) is 0 Å². The molecule has 0 aliphatic carbocycles. The maximum atomic E-state index is 10.8. The fourth-order valence-electron chi connectivity index (χ4n) is 3.96. The number of carboxylic acids is 1. The summed E-state index contributed by atoms with van der Waals surface area (Å²) in [5, 5.41) is 12.8. The topological polar surface area (TPSA) is 49.7 Å². The summed E-state index contributed by atoms with van der Waals surface area (Å²) >= 11 is 0. The number of aliphatic carboxylic acids is 1. The number of hydrogen-bond donors (Lipinski definition) is 1. The molecule has 0 heterocycles. The summed E-state index contributed by atoms with van der Waals surface area (Å²) in [6.45, 7) is 0. The molecule has 0 spiro atoms. The van der Waals surface area contributed by atoms with Gasteiger partial charge in [0.05, 0.1) is 5.69 Å². The summed E-state index contributed by atoms with van der Waals surface area (Å²) in [6, 6.07) is 39.7. The van der Waals surface area contributed by atoms with Gasteiger partial charge < -0.3 is 5.11 Å². The highest BCUT2D eigenvalue weighted by atomic mass is 31.2. The molecule has 3 nitrogen and oxygen atoms in total. The Labute approximate surface area is 195 Å². The lowest BCUT2D eigenvalue weighted by Gasteiger charge is -2.26. The lowest BCUT2D eigenvalue weighted by atomic mass is 10.2. The lowest BCUT2D eigenvalue weighted by Crippen LogP contribution is -2.33. The molecular weight excluding hydrogens is 425 g/mol. The van der Waals surface area contributed by atoms with E-state index >= 15 is 0 Å². The van der Waals surface area contributed by atoms with Crippen molar-refractivity contribution in [3.63, 3.8) is 0 Å². The average molecular weight is 450 g/mol. The first kappa shape index (κ1) is 22.4. The Morgan fingerprint density at radius 1 is 0.727 bits per heavy atom. The second-order valence-corrected chi connectivity index (χ2v) is 11.1. The highest BCUT2D eigenvalue weighted by molar-refractivity contribution is 7.96. The molecule has 162 valence electrons. The van der Waals surface area contributed by atoms with Crippen molar-refractivity contribution < 1.29 is 9.90 Å². The Balaban J connectivity index is 1.77. The number of carboxylic acid groups (broad SMARTS) is 1. The van der Waals surface area contributed by atoms with E-state index in [1.165, 1.54) is 15.9 Å². The van der Waals surface area contributed by atoms with Crippen LogP contribution in [0.4, 0.5) is 5.69 Å². The van der Waals surface area contributed by atoms with Crippen molar-refractivity contribution in [3.8, 4) is 0 Å². The first-order valence-electron chi connectivity index (χ1n) is 10.8. The number of hydrogen-bond acceptors (Lipinski definition) is 2. The van der Waals surface area contributed by atoms with E-state index in [0.29, 0.717) is 0 Å². The Bertz CT molecular complexity index is 1160. The summed E-state index contributed by atoms with van der Waals surface area (Å²) in [6.07, 6.45) is 5.51. The van der Waals surface area contributed by atoms with Crippen molar-refractivity contribution in [2.24, 2.45) is 4.99 Å². The standard InChI is InChI=1S/C29H24NO2P/c31-29(32)20-19-24-11-10-12-25(23-24)30-21-22-33(26-13-4-1-5-14-26,27-15-6-2-7-16-27)28-17-8-3-9-18-28/h1-21,23H,22H2/p+1. The lowest BCUT2D eigenvalue weighted by molar-refractivity contribution is -0.131. The number of rotatable bonds is 8. The van der Waals surface area contributed by atoms with Crippen LogP contribution in [0.1, 0.15) is 5.56 Å². The van der Waals surface area contributed by atoms with E-state index in [0.717, 1.165) is 23.5 Å². The van der Waals surface area contributed by atoms with Crippen LogP contribution in [0.15, 0.2) is 126 Å². The SMILES string of the molecule is O=C(O)C=Cc1cccc(N=CC[P+](c2ccccc2)(c2ccccc2)c2ccccc2)c1. The first-order valence-corrected chi connectivity index (χ1v) is 12.7. The van der Waals surface area contributed by atoms with Gasteiger partial charge in [0.2, 0.25) is 0 Å². The molecule has 0 atom stereocenters.